The van der Waals surface area contributed by atoms with Crippen LogP contribution in [0.25, 0.3) is 5.65 Å². The van der Waals surface area contributed by atoms with Crippen molar-refractivity contribution in [2.75, 3.05) is 0 Å². The molecule has 3 nitrogen and oxygen atoms in total. The zero-order valence-electron chi connectivity index (χ0n) is 6.83. The third-order valence-electron chi connectivity index (χ3n) is 2.75. The summed E-state index contributed by atoms with van der Waals surface area (Å²) < 4.78 is 1.98. The molecule has 3 rings (SSSR count). The molecule has 0 saturated heterocycles. The van der Waals surface area contributed by atoms with E-state index < -0.39 is 0 Å². The van der Waals surface area contributed by atoms with Crippen LogP contribution in [0.5, 0.6) is 0 Å². The largest absolute Gasteiger partial charge is 0.297 e. The molecule has 0 bridgehead atoms. The van der Waals surface area contributed by atoms with Crippen LogP contribution in [0.15, 0.2) is 18.5 Å². The molecule has 2 aromatic rings. The molecule has 0 unspecified atom stereocenters. The Kier molecular flexibility index (Phi) is 1.11. The van der Waals surface area contributed by atoms with Crippen LogP contribution in [-0.4, -0.2) is 14.6 Å². The maximum Gasteiger partial charge on any atom is 0.153 e. The highest BCUT2D eigenvalue weighted by Gasteiger charge is 2.21. The topological polar surface area (TPSA) is 33.1 Å². The van der Waals surface area contributed by atoms with E-state index in [0.29, 0.717) is 0 Å². The summed E-state index contributed by atoms with van der Waals surface area (Å²) in [5.41, 5.74) is 2.39. The van der Waals surface area contributed by atoms with Crippen LogP contribution >= 0.6 is 0 Å². The average Bonchev–Trinajstić information content (AvgIpc) is 2.40. The first-order valence-electron chi connectivity index (χ1n) is 4.45. The van der Waals surface area contributed by atoms with E-state index in [9.17, 15) is 0 Å². The van der Waals surface area contributed by atoms with Crippen molar-refractivity contribution in [3.05, 3.63) is 24.2 Å². The van der Waals surface area contributed by atoms with Gasteiger partial charge in [-0.05, 0) is 12.8 Å². The van der Waals surface area contributed by atoms with Crippen molar-refractivity contribution in [1.82, 2.24) is 14.6 Å². The zero-order valence-corrected chi connectivity index (χ0v) is 6.83. The first-order valence-corrected chi connectivity index (χ1v) is 4.45. The minimum Gasteiger partial charge on any atom is -0.297 e. The quantitative estimate of drug-likeness (QED) is 0.681. The van der Waals surface area contributed by atoms with Gasteiger partial charge >= 0.3 is 0 Å². The third kappa shape index (κ3) is 0.734. The van der Waals surface area contributed by atoms with Gasteiger partial charge in [0.1, 0.15) is 0 Å². The number of imidazole rings is 1. The van der Waals surface area contributed by atoms with Gasteiger partial charge in [0.15, 0.2) is 5.65 Å². The van der Waals surface area contributed by atoms with E-state index >= 15 is 0 Å². The number of aromatic nitrogens is 3. The lowest BCUT2D eigenvalue weighted by Crippen LogP contribution is -2.09. The first-order chi connectivity index (χ1) is 5.93. The standard InChI is InChI=1S/C9H11N3/c1-2-7(3-1)8-6-9-10-4-5-12(9)11-8/h4-7,11H,1-3H2. The van der Waals surface area contributed by atoms with E-state index in [0.717, 1.165) is 11.6 Å². The molecule has 2 heterocycles. The van der Waals surface area contributed by atoms with E-state index in [-0.39, 0.29) is 0 Å². The molecule has 0 aromatic carbocycles. The molecule has 3 heteroatoms. The van der Waals surface area contributed by atoms with Gasteiger partial charge in [-0.1, -0.05) is 6.42 Å². The smallest absolute Gasteiger partial charge is 0.153 e. The van der Waals surface area contributed by atoms with Crippen LogP contribution < -0.4 is 0 Å². The molecule has 2 aromatic heterocycles. The third-order valence-corrected chi connectivity index (χ3v) is 2.75. The molecule has 0 radical (unpaired) electrons. The van der Waals surface area contributed by atoms with E-state index in [1.807, 2.05) is 16.9 Å². The lowest BCUT2D eigenvalue weighted by molar-refractivity contribution is 0.409. The summed E-state index contributed by atoms with van der Waals surface area (Å²) in [5, 5.41) is 3.33. The molecule has 0 aliphatic heterocycles. The van der Waals surface area contributed by atoms with Crippen LogP contribution in [0.3, 0.4) is 0 Å². The summed E-state index contributed by atoms with van der Waals surface area (Å²) in [6.45, 7) is 0. The molecule has 0 amide bonds. The molecule has 62 valence electrons. The molecule has 1 N–H and O–H groups in total. The van der Waals surface area contributed by atoms with Gasteiger partial charge < -0.3 is 0 Å². The molecule has 1 aliphatic rings. The fourth-order valence-corrected chi connectivity index (χ4v) is 1.76. The van der Waals surface area contributed by atoms with E-state index in [2.05, 4.69) is 16.1 Å². The van der Waals surface area contributed by atoms with Gasteiger partial charge in [0, 0.05) is 30.1 Å². The van der Waals surface area contributed by atoms with E-state index in [1.165, 1.54) is 25.0 Å². The van der Waals surface area contributed by atoms with Crippen LogP contribution in [0.2, 0.25) is 0 Å². The second-order valence-corrected chi connectivity index (χ2v) is 3.49. The van der Waals surface area contributed by atoms with Gasteiger partial charge in [0.2, 0.25) is 0 Å². The van der Waals surface area contributed by atoms with Crippen LogP contribution in [-0.2, 0) is 0 Å². The van der Waals surface area contributed by atoms with Crippen molar-refractivity contribution in [2.24, 2.45) is 0 Å². The van der Waals surface area contributed by atoms with Crippen molar-refractivity contribution >= 4 is 5.65 Å². The maximum atomic E-state index is 4.21. The molecular weight excluding hydrogens is 150 g/mol. The zero-order chi connectivity index (χ0) is 7.97. The molecule has 12 heavy (non-hydrogen) atoms. The Hall–Kier alpha value is -1.25. The van der Waals surface area contributed by atoms with Crippen molar-refractivity contribution in [2.45, 2.75) is 25.2 Å². The first kappa shape index (κ1) is 6.29. The second-order valence-electron chi connectivity index (χ2n) is 3.49. The average molecular weight is 161 g/mol. The summed E-state index contributed by atoms with van der Waals surface area (Å²) in [6.07, 6.45) is 7.83. The summed E-state index contributed by atoms with van der Waals surface area (Å²) in [5.74, 6) is 0.770. The maximum absolute atomic E-state index is 4.21. The van der Waals surface area contributed by atoms with Crippen molar-refractivity contribution in [3.8, 4) is 0 Å². The molecule has 1 saturated carbocycles. The Morgan fingerprint density at radius 3 is 3.08 bits per heavy atom. The SMILES string of the molecule is c1cn2[nH]c(C3CCC3)cc2n1. The number of hydrogen-bond acceptors (Lipinski definition) is 1. The number of hydrogen-bond donors (Lipinski definition) is 1. The molecule has 1 fully saturated rings. The summed E-state index contributed by atoms with van der Waals surface area (Å²) >= 11 is 0. The Balaban J connectivity index is 2.08. The number of fused-ring (bicyclic) bond motifs is 1. The van der Waals surface area contributed by atoms with Crippen molar-refractivity contribution in [1.29, 1.82) is 0 Å². The predicted molar refractivity (Wildman–Crippen MR) is 46.1 cm³/mol. The fraction of sp³-hybridized carbons (Fsp3) is 0.444. The van der Waals surface area contributed by atoms with Gasteiger partial charge in [-0.15, -0.1) is 0 Å². The van der Waals surface area contributed by atoms with Gasteiger partial charge in [-0.3, -0.25) is 5.10 Å². The fourth-order valence-electron chi connectivity index (χ4n) is 1.76. The molecular formula is C9H11N3. The summed E-state index contributed by atoms with van der Waals surface area (Å²) in [6, 6.07) is 2.16. The Morgan fingerprint density at radius 2 is 2.42 bits per heavy atom. The van der Waals surface area contributed by atoms with Crippen LogP contribution in [0.1, 0.15) is 30.9 Å². The highest BCUT2D eigenvalue weighted by molar-refractivity contribution is 5.40. The van der Waals surface area contributed by atoms with Gasteiger partial charge in [-0.2, -0.15) is 0 Å². The van der Waals surface area contributed by atoms with Gasteiger partial charge in [0.05, 0.1) is 0 Å². The van der Waals surface area contributed by atoms with Gasteiger partial charge in [0.25, 0.3) is 0 Å². The lowest BCUT2D eigenvalue weighted by atomic mass is 9.83. The lowest BCUT2D eigenvalue weighted by Gasteiger charge is -2.23. The molecule has 0 atom stereocenters. The highest BCUT2D eigenvalue weighted by Crippen LogP contribution is 2.35. The number of H-pyrrole nitrogens is 1. The number of nitrogens with one attached hydrogen (secondary N) is 1. The van der Waals surface area contributed by atoms with E-state index in [1.54, 1.807) is 0 Å². The minimum absolute atomic E-state index is 0.770. The van der Waals surface area contributed by atoms with Crippen molar-refractivity contribution < 1.29 is 0 Å². The second kappa shape index (κ2) is 2.12. The predicted octanol–water partition coefficient (Wildman–Crippen LogP) is 1.93. The Labute approximate surface area is 70.4 Å². The Bertz CT molecular complexity index is 366. The summed E-state index contributed by atoms with van der Waals surface area (Å²) in [7, 11) is 0. The minimum atomic E-state index is 0.770. The van der Waals surface area contributed by atoms with Crippen LogP contribution in [0, 0.1) is 0 Å². The van der Waals surface area contributed by atoms with E-state index in [4.69, 9.17) is 0 Å². The number of rotatable bonds is 1. The highest BCUT2D eigenvalue weighted by atomic mass is 15.3. The summed E-state index contributed by atoms with van der Waals surface area (Å²) in [4.78, 5) is 4.21. The monoisotopic (exact) mass is 161 g/mol. The molecule has 1 aliphatic carbocycles. The number of aromatic amines is 1. The van der Waals surface area contributed by atoms with Gasteiger partial charge in [-0.25, -0.2) is 9.50 Å². The molecule has 0 spiro atoms. The van der Waals surface area contributed by atoms with Crippen molar-refractivity contribution in [3.63, 3.8) is 0 Å². The number of nitrogens with zero attached hydrogens (tertiary/aromatic N) is 2. The van der Waals surface area contributed by atoms with Crippen LogP contribution in [0.4, 0.5) is 0 Å². The normalized spacial score (nSPS) is 18.3. The Morgan fingerprint density at radius 1 is 1.50 bits per heavy atom.